The van der Waals surface area contributed by atoms with Crippen molar-refractivity contribution in [2.24, 2.45) is 11.7 Å². The van der Waals surface area contributed by atoms with Crippen LogP contribution in [0.15, 0.2) is 0 Å². The lowest BCUT2D eigenvalue weighted by atomic mass is 9.73. The van der Waals surface area contributed by atoms with Crippen molar-refractivity contribution in [1.29, 1.82) is 0 Å². The van der Waals surface area contributed by atoms with Crippen LogP contribution in [0.3, 0.4) is 0 Å². The molecule has 1 aliphatic rings. The first kappa shape index (κ1) is 12.0. The molecular weight excluding hydrogens is 176 g/mol. The fraction of sp³-hybridized carbons (Fsp3) is 1.00. The molecule has 0 heterocycles. The highest BCUT2D eigenvalue weighted by molar-refractivity contribution is 4.96. The molecule has 2 atom stereocenters. The Balaban J connectivity index is 2.45. The summed E-state index contributed by atoms with van der Waals surface area (Å²) in [6.07, 6.45) is 5.92. The van der Waals surface area contributed by atoms with Crippen LogP contribution < -0.4 is 11.1 Å². The average Bonchev–Trinajstić information content (AvgIpc) is 2.21. The van der Waals surface area contributed by atoms with Crippen molar-refractivity contribution in [3.8, 4) is 0 Å². The Hall–Kier alpha value is -0.120. The molecule has 1 aliphatic carbocycles. The number of nitrogens with one attached hydrogen (secondary N) is 1. The predicted octanol–water partition coefficient (Wildman–Crippen LogP) is 0.866. The van der Waals surface area contributed by atoms with Crippen molar-refractivity contribution in [1.82, 2.24) is 5.32 Å². The predicted molar refractivity (Wildman–Crippen MR) is 59.1 cm³/mol. The van der Waals surface area contributed by atoms with Gasteiger partial charge in [-0.25, -0.2) is 0 Å². The molecule has 3 nitrogen and oxygen atoms in total. The molecule has 4 N–H and O–H groups in total. The summed E-state index contributed by atoms with van der Waals surface area (Å²) >= 11 is 0. The molecule has 0 aliphatic heterocycles. The van der Waals surface area contributed by atoms with Gasteiger partial charge in [-0.2, -0.15) is 0 Å². The van der Waals surface area contributed by atoms with E-state index in [0.29, 0.717) is 5.92 Å². The van der Waals surface area contributed by atoms with Crippen LogP contribution in [0.5, 0.6) is 0 Å². The summed E-state index contributed by atoms with van der Waals surface area (Å²) in [5.74, 6) is 0.667. The minimum Gasteiger partial charge on any atom is -0.396 e. The van der Waals surface area contributed by atoms with Crippen molar-refractivity contribution in [2.75, 3.05) is 19.7 Å². The normalized spacial score (nSPS) is 33.2. The first-order valence-electron chi connectivity index (χ1n) is 5.81. The molecule has 1 fully saturated rings. The van der Waals surface area contributed by atoms with Gasteiger partial charge in [0.1, 0.15) is 0 Å². The van der Waals surface area contributed by atoms with E-state index < -0.39 is 0 Å². The minimum absolute atomic E-state index is 0.146. The molecule has 0 aromatic rings. The second-order valence-corrected chi connectivity index (χ2v) is 4.51. The molecule has 0 aromatic heterocycles. The van der Waals surface area contributed by atoms with E-state index in [4.69, 9.17) is 10.8 Å². The Morgan fingerprint density at radius 1 is 1.50 bits per heavy atom. The smallest absolute Gasteiger partial charge is 0.0443 e. The molecule has 14 heavy (non-hydrogen) atoms. The van der Waals surface area contributed by atoms with Crippen LogP contribution in [0.2, 0.25) is 0 Å². The Kier molecular flexibility index (Phi) is 4.85. The number of hydrogen-bond donors (Lipinski definition) is 3. The van der Waals surface area contributed by atoms with E-state index in [0.717, 1.165) is 19.5 Å². The van der Waals surface area contributed by atoms with Gasteiger partial charge in [-0.05, 0) is 31.7 Å². The summed E-state index contributed by atoms with van der Waals surface area (Å²) < 4.78 is 0. The van der Waals surface area contributed by atoms with E-state index in [-0.39, 0.29) is 12.1 Å². The van der Waals surface area contributed by atoms with Crippen LogP contribution in [-0.4, -0.2) is 30.3 Å². The second-order valence-electron chi connectivity index (χ2n) is 4.51. The number of aliphatic hydroxyl groups excluding tert-OH is 1. The maximum absolute atomic E-state index is 8.75. The molecule has 1 rings (SSSR count). The van der Waals surface area contributed by atoms with Gasteiger partial charge in [0.25, 0.3) is 0 Å². The zero-order valence-electron chi connectivity index (χ0n) is 9.26. The molecule has 0 amide bonds. The highest BCUT2D eigenvalue weighted by Crippen LogP contribution is 2.32. The van der Waals surface area contributed by atoms with Crippen molar-refractivity contribution in [3.63, 3.8) is 0 Å². The molecule has 84 valence electrons. The summed E-state index contributed by atoms with van der Waals surface area (Å²) in [4.78, 5) is 0. The second kappa shape index (κ2) is 5.69. The largest absolute Gasteiger partial charge is 0.396 e. The Morgan fingerprint density at radius 2 is 2.29 bits per heavy atom. The van der Waals surface area contributed by atoms with Crippen molar-refractivity contribution in [2.45, 2.75) is 44.6 Å². The maximum Gasteiger partial charge on any atom is 0.0443 e. The quantitative estimate of drug-likeness (QED) is 0.577. The standard InChI is InChI=1S/C11H24N2O/c1-10-5-2-3-6-11(10,9-12)13-7-4-8-14/h10,13-14H,2-9,12H2,1H3. The fourth-order valence-electron chi connectivity index (χ4n) is 2.47. The van der Waals surface area contributed by atoms with Gasteiger partial charge in [-0.15, -0.1) is 0 Å². The lowest BCUT2D eigenvalue weighted by Gasteiger charge is -2.43. The third-order valence-electron chi connectivity index (χ3n) is 3.63. The summed E-state index contributed by atoms with van der Waals surface area (Å²) in [5, 5.41) is 12.3. The first-order chi connectivity index (χ1) is 6.75. The summed E-state index contributed by atoms with van der Waals surface area (Å²) in [6, 6.07) is 0. The number of nitrogens with two attached hydrogens (primary N) is 1. The van der Waals surface area contributed by atoms with Crippen molar-refractivity contribution < 1.29 is 5.11 Å². The van der Waals surface area contributed by atoms with Gasteiger partial charge in [0.15, 0.2) is 0 Å². The van der Waals surface area contributed by atoms with Gasteiger partial charge in [-0.3, -0.25) is 0 Å². The van der Waals surface area contributed by atoms with Crippen LogP contribution in [0, 0.1) is 5.92 Å². The SMILES string of the molecule is CC1CCCCC1(CN)NCCCO. The number of hydrogen-bond acceptors (Lipinski definition) is 3. The average molecular weight is 200 g/mol. The molecule has 0 aromatic carbocycles. The third kappa shape index (κ3) is 2.69. The molecule has 0 spiro atoms. The summed E-state index contributed by atoms with van der Waals surface area (Å²) in [7, 11) is 0. The molecule has 1 saturated carbocycles. The van der Waals surface area contributed by atoms with Crippen LogP contribution in [0.4, 0.5) is 0 Å². The Bertz CT molecular complexity index is 163. The third-order valence-corrected chi connectivity index (χ3v) is 3.63. The Labute approximate surface area is 87.1 Å². The molecule has 3 heteroatoms. The molecule has 0 bridgehead atoms. The molecule has 0 saturated heterocycles. The van der Waals surface area contributed by atoms with Gasteiger partial charge in [0.05, 0.1) is 0 Å². The summed E-state index contributed by atoms with van der Waals surface area (Å²) in [6.45, 7) is 4.16. The van der Waals surface area contributed by atoms with Crippen molar-refractivity contribution in [3.05, 3.63) is 0 Å². The number of rotatable bonds is 5. The molecule has 0 radical (unpaired) electrons. The van der Waals surface area contributed by atoms with Gasteiger partial charge in [-0.1, -0.05) is 19.8 Å². The highest BCUT2D eigenvalue weighted by atomic mass is 16.3. The van der Waals surface area contributed by atoms with Gasteiger partial charge in [0.2, 0.25) is 0 Å². The lowest BCUT2D eigenvalue weighted by molar-refractivity contribution is 0.157. The van der Waals surface area contributed by atoms with E-state index in [9.17, 15) is 0 Å². The maximum atomic E-state index is 8.75. The van der Waals surface area contributed by atoms with Crippen molar-refractivity contribution >= 4 is 0 Å². The molecule has 2 unspecified atom stereocenters. The van der Waals surface area contributed by atoms with Crippen LogP contribution in [0.25, 0.3) is 0 Å². The van der Waals surface area contributed by atoms with Crippen LogP contribution in [0.1, 0.15) is 39.0 Å². The monoisotopic (exact) mass is 200 g/mol. The van der Waals surface area contributed by atoms with E-state index in [1.165, 1.54) is 25.7 Å². The lowest BCUT2D eigenvalue weighted by Crippen LogP contribution is -2.57. The van der Waals surface area contributed by atoms with E-state index in [2.05, 4.69) is 12.2 Å². The van der Waals surface area contributed by atoms with Gasteiger partial charge < -0.3 is 16.2 Å². The fourth-order valence-corrected chi connectivity index (χ4v) is 2.47. The topological polar surface area (TPSA) is 58.3 Å². The van der Waals surface area contributed by atoms with Crippen LogP contribution >= 0.6 is 0 Å². The summed E-state index contributed by atoms with van der Waals surface area (Å²) in [5.41, 5.74) is 6.03. The molecular formula is C11H24N2O. The highest BCUT2D eigenvalue weighted by Gasteiger charge is 2.35. The van der Waals surface area contributed by atoms with Gasteiger partial charge >= 0.3 is 0 Å². The van der Waals surface area contributed by atoms with E-state index in [1.807, 2.05) is 0 Å². The zero-order chi connectivity index (χ0) is 10.4. The Morgan fingerprint density at radius 3 is 2.86 bits per heavy atom. The first-order valence-corrected chi connectivity index (χ1v) is 5.81. The van der Waals surface area contributed by atoms with E-state index in [1.54, 1.807) is 0 Å². The van der Waals surface area contributed by atoms with E-state index >= 15 is 0 Å². The van der Waals surface area contributed by atoms with Gasteiger partial charge in [0, 0.05) is 18.7 Å². The van der Waals surface area contributed by atoms with Crippen LogP contribution in [-0.2, 0) is 0 Å². The minimum atomic E-state index is 0.146. The zero-order valence-corrected chi connectivity index (χ0v) is 9.26. The number of aliphatic hydroxyl groups is 1.